The van der Waals surface area contributed by atoms with E-state index in [1.807, 2.05) is 30.3 Å². The van der Waals surface area contributed by atoms with Gasteiger partial charge in [-0.15, -0.1) is 0 Å². The molecule has 0 spiro atoms. The van der Waals surface area contributed by atoms with Crippen molar-refractivity contribution in [2.24, 2.45) is 0 Å². The Morgan fingerprint density at radius 2 is 1.82 bits per heavy atom. The molecular formula is C21H19N3O3S. The molecule has 2 aromatic carbocycles. The first kappa shape index (κ1) is 19.3. The number of carbonyl (C=O) groups is 2. The fourth-order valence-electron chi connectivity index (χ4n) is 2.61. The molecular weight excluding hydrogens is 374 g/mol. The summed E-state index contributed by atoms with van der Waals surface area (Å²) in [6.07, 6.45) is 1.41. The third-order valence-corrected chi connectivity index (χ3v) is 4.15. The number of benzene rings is 2. The Morgan fingerprint density at radius 1 is 1.04 bits per heavy atom. The van der Waals surface area contributed by atoms with Crippen molar-refractivity contribution in [2.75, 3.05) is 12.4 Å². The summed E-state index contributed by atoms with van der Waals surface area (Å²) < 4.78 is 5.02. The van der Waals surface area contributed by atoms with Gasteiger partial charge in [0, 0.05) is 24.8 Å². The van der Waals surface area contributed by atoms with Crippen LogP contribution in [0.25, 0.3) is 0 Å². The molecule has 1 heterocycles. The largest absolute Gasteiger partial charge is 0.459 e. The van der Waals surface area contributed by atoms with Gasteiger partial charge < -0.3 is 14.6 Å². The fraction of sp³-hybridized carbons (Fsp3) is 0.0952. The van der Waals surface area contributed by atoms with E-state index < -0.39 is 5.91 Å². The van der Waals surface area contributed by atoms with Crippen LogP contribution in [0.3, 0.4) is 0 Å². The third-order valence-electron chi connectivity index (χ3n) is 3.95. The van der Waals surface area contributed by atoms with Gasteiger partial charge in [0.1, 0.15) is 0 Å². The average Bonchev–Trinajstić information content (AvgIpc) is 3.23. The molecule has 0 saturated carbocycles. The van der Waals surface area contributed by atoms with Crippen LogP contribution in [0.15, 0.2) is 77.4 Å². The summed E-state index contributed by atoms with van der Waals surface area (Å²) in [6.45, 7) is 0.509. The Morgan fingerprint density at radius 3 is 2.54 bits per heavy atom. The Balaban J connectivity index is 1.62. The first-order valence-electron chi connectivity index (χ1n) is 8.58. The van der Waals surface area contributed by atoms with E-state index in [0.29, 0.717) is 17.8 Å². The maximum atomic E-state index is 12.7. The number of thiocarbonyl (C=S) groups is 1. The summed E-state index contributed by atoms with van der Waals surface area (Å²) in [4.78, 5) is 26.3. The second-order valence-corrected chi connectivity index (χ2v) is 6.52. The van der Waals surface area contributed by atoms with Crippen molar-refractivity contribution in [2.45, 2.75) is 6.54 Å². The minimum atomic E-state index is -0.447. The molecule has 6 nitrogen and oxygen atoms in total. The van der Waals surface area contributed by atoms with Crippen molar-refractivity contribution in [3.8, 4) is 0 Å². The highest BCUT2D eigenvalue weighted by atomic mass is 32.1. The van der Waals surface area contributed by atoms with Crippen molar-refractivity contribution in [1.82, 2.24) is 10.2 Å². The van der Waals surface area contributed by atoms with E-state index in [-0.39, 0.29) is 16.8 Å². The van der Waals surface area contributed by atoms with E-state index in [9.17, 15) is 9.59 Å². The van der Waals surface area contributed by atoms with Crippen molar-refractivity contribution in [3.05, 3.63) is 89.9 Å². The molecule has 0 radical (unpaired) electrons. The van der Waals surface area contributed by atoms with Crippen LogP contribution in [0.2, 0.25) is 0 Å². The van der Waals surface area contributed by atoms with E-state index in [4.69, 9.17) is 16.6 Å². The van der Waals surface area contributed by atoms with Crippen LogP contribution in [-0.2, 0) is 6.54 Å². The van der Waals surface area contributed by atoms with Crippen molar-refractivity contribution >= 4 is 34.8 Å². The second kappa shape index (κ2) is 8.96. The molecule has 2 N–H and O–H groups in total. The van der Waals surface area contributed by atoms with E-state index in [0.717, 1.165) is 5.56 Å². The number of furan rings is 1. The number of amides is 2. The van der Waals surface area contributed by atoms with Gasteiger partial charge in [0.25, 0.3) is 11.8 Å². The van der Waals surface area contributed by atoms with Gasteiger partial charge >= 0.3 is 0 Å². The molecule has 7 heteroatoms. The van der Waals surface area contributed by atoms with Crippen molar-refractivity contribution in [3.63, 3.8) is 0 Å². The number of nitrogens with one attached hydrogen (secondary N) is 2. The highest BCUT2D eigenvalue weighted by Gasteiger charge is 2.14. The van der Waals surface area contributed by atoms with Gasteiger partial charge in [-0.3, -0.25) is 14.9 Å². The number of nitrogens with zero attached hydrogens (tertiary/aromatic N) is 1. The van der Waals surface area contributed by atoms with Crippen LogP contribution in [0, 0.1) is 0 Å². The van der Waals surface area contributed by atoms with Gasteiger partial charge in [0.05, 0.1) is 6.26 Å². The molecule has 2 amide bonds. The van der Waals surface area contributed by atoms with Gasteiger partial charge in [0.15, 0.2) is 10.9 Å². The van der Waals surface area contributed by atoms with E-state index in [1.165, 1.54) is 6.26 Å². The lowest BCUT2D eigenvalue weighted by molar-refractivity contribution is 0.0785. The highest BCUT2D eigenvalue weighted by molar-refractivity contribution is 7.80. The molecule has 142 valence electrons. The van der Waals surface area contributed by atoms with Crippen LogP contribution in [0.4, 0.5) is 5.69 Å². The van der Waals surface area contributed by atoms with Gasteiger partial charge in [0.2, 0.25) is 0 Å². The maximum absolute atomic E-state index is 12.7. The molecule has 0 aliphatic rings. The number of hydrogen-bond donors (Lipinski definition) is 2. The lowest BCUT2D eigenvalue weighted by Crippen LogP contribution is -2.34. The minimum absolute atomic E-state index is 0.113. The first-order valence-corrected chi connectivity index (χ1v) is 8.99. The SMILES string of the molecule is CN(Cc1ccccc1)C(=O)c1cccc(NC(=S)NC(=O)c2ccco2)c1. The van der Waals surface area contributed by atoms with Crippen LogP contribution in [0.5, 0.6) is 0 Å². The van der Waals surface area contributed by atoms with Crippen LogP contribution in [-0.4, -0.2) is 28.9 Å². The van der Waals surface area contributed by atoms with Gasteiger partial charge in [-0.25, -0.2) is 0 Å². The predicted molar refractivity (Wildman–Crippen MR) is 111 cm³/mol. The summed E-state index contributed by atoms with van der Waals surface area (Å²) in [6, 6.07) is 19.9. The van der Waals surface area contributed by atoms with Crippen molar-refractivity contribution in [1.29, 1.82) is 0 Å². The number of rotatable bonds is 5. The summed E-state index contributed by atoms with van der Waals surface area (Å²) in [7, 11) is 1.75. The summed E-state index contributed by atoms with van der Waals surface area (Å²) >= 11 is 5.15. The molecule has 28 heavy (non-hydrogen) atoms. The smallest absolute Gasteiger partial charge is 0.293 e. The van der Waals surface area contributed by atoms with E-state index in [2.05, 4.69) is 10.6 Å². The molecule has 0 atom stereocenters. The highest BCUT2D eigenvalue weighted by Crippen LogP contribution is 2.14. The van der Waals surface area contributed by atoms with Gasteiger partial charge in [-0.2, -0.15) is 0 Å². The molecule has 0 saturated heterocycles. The molecule has 3 rings (SSSR count). The normalized spacial score (nSPS) is 10.2. The summed E-state index contributed by atoms with van der Waals surface area (Å²) in [5.74, 6) is -0.397. The summed E-state index contributed by atoms with van der Waals surface area (Å²) in [5.41, 5.74) is 2.17. The molecule has 0 unspecified atom stereocenters. The predicted octanol–water partition coefficient (Wildman–Crippen LogP) is 3.68. The van der Waals surface area contributed by atoms with Gasteiger partial charge in [-0.05, 0) is 48.1 Å². The Hall–Kier alpha value is -3.45. The van der Waals surface area contributed by atoms with Crippen LogP contribution >= 0.6 is 12.2 Å². The number of anilines is 1. The van der Waals surface area contributed by atoms with Crippen molar-refractivity contribution < 1.29 is 14.0 Å². The average molecular weight is 393 g/mol. The van der Waals surface area contributed by atoms with Crippen LogP contribution < -0.4 is 10.6 Å². The summed E-state index contributed by atoms with van der Waals surface area (Å²) in [5, 5.41) is 5.55. The molecule has 0 aliphatic carbocycles. The Kier molecular flexibility index (Phi) is 6.18. The minimum Gasteiger partial charge on any atom is -0.459 e. The molecule has 0 bridgehead atoms. The fourth-order valence-corrected chi connectivity index (χ4v) is 2.82. The molecule has 1 aromatic heterocycles. The van der Waals surface area contributed by atoms with Crippen LogP contribution in [0.1, 0.15) is 26.5 Å². The monoisotopic (exact) mass is 393 g/mol. The van der Waals surface area contributed by atoms with E-state index in [1.54, 1.807) is 48.3 Å². The zero-order valence-electron chi connectivity index (χ0n) is 15.2. The quantitative estimate of drug-likeness (QED) is 0.647. The maximum Gasteiger partial charge on any atom is 0.293 e. The Labute approximate surface area is 168 Å². The Bertz CT molecular complexity index is 972. The lowest BCUT2D eigenvalue weighted by atomic mass is 10.1. The molecule has 0 fully saturated rings. The second-order valence-electron chi connectivity index (χ2n) is 6.11. The zero-order valence-corrected chi connectivity index (χ0v) is 16.0. The molecule has 0 aliphatic heterocycles. The molecule has 3 aromatic rings. The lowest BCUT2D eigenvalue weighted by Gasteiger charge is -2.18. The zero-order chi connectivity index (χ0) is 19.9. The van der Waals surface area contributed by atoms with E-state index >= 15 is 0 Å². The standard InChI is InChI=1S/C21H19N3O3S/c1-24(14-15-7-3-2-4-8-15)20(26)16-9-5-10-17(13-16)22-21(28)23-19(25)18-11-6-12-27-18/h2-13H,14H2,1H3,(H2,22,23,25,28). The number of hydrogen-bond acceptors (Lipinski definition) is 4. The third kappa shape index (κ3) is 5.05. The number of carbonyl (C=O) groups excluding carboxylic acids is 2. The van der Waals surface area contributed by atoms with Gasteiger partial charge in [-0.1, -0.05) is 36.4 Å². The first-order chi connectivity index (χ1) is 13.5. The topological polar surface area (TPSA) is 74.6 Å².